The Morgan fingerprint density at radius 3 is 2.38 bits per heavy atom. The average molecular weight is 297 g/mol. The second kappa shape index (κ2) is 5.11. The molecule has 3 nitrogen and oxygen atoms in total. The summed E-state index contributed by atoms with van der Waals surface area (Å²) in [6.45, 7) is 6.43. The van der Waals surface area contributed by atoms with Crippen molar-refractivity contribution in [1.29, 1.82) is 0 Å². The van der Waals surface area contributed by atoms with Gasteiger partial charge in [0.05, 0.1) is 16.1 Å². The number of anilines is 1. The highest BCUT2D eigenvalue weighted by molar-refractivity contribution is 7.18. The lowest BCUT2D eigenvalue weighted by Crippen LogP contribution is -2.07. The number of aromatic nitrogens is 2. The van der Waals surface area contributed by atoms with Crippen LogP contribution in [0.3, 0.4) is 0 Å². The Hall–Kier alpha value is -1.94. The number of pyridine rings is 1. The maximum absolute atomic E-state index is 4.85. The van der Waals surface area contributed by atoms with Gasteiger partial charge in [0.15, 0.2) is 5.13 Å². The highest BCUT2D eigenvalue weighted by Crippen LogP contribution is 2.32. The molecule has 0 aliphatic heterocycles. The number of nitrogens with zero attached hydrogens (tertiary/aromatic N) is 3. The van der Waals surface area contributed by atoms with Crippen molar-refractivity contribution in [3.63, 3.8) is 0 Å². The first-order chi connectivity index (χ1) is 9.95. The maximum Gasteiger partial charge on any atom is 0.185 e. The zero-order chi connectivity index (χ0) is 15.1. The number of fused-ring (bicyclic) bond motifs is 1. The number of thiazole rings is 1. The van der Waals surface area contributed by atoms with E-state index in [1.54, 1.807) is 11.3 Å². The average Bonchev–Trinajstić information content (AvgIpc) is 2.86. The first-order valence-electron chi connectivity index (χ1n) is 6.98. The van der Waals surface area contributed by atoms with Crippen LogP contribution in [-0.2, 0) is 0 Å². The van der Waals surface area contributed by atoms with Gasteiger partial charge in [-0.2, -0.15) is 0 Å². The number of aryl methyl sites for hydroxylation is 3. The normalized spacial score (nSPS) is 11.1. The minimum Gasteiger partial charge on any atom is -0.354 e. The molecular formula is C17H19N3S. The van der Waals surface area contributed by atoms with Gasteiger partial charge in [-0.25, -0.2) is 9.97 Å². The molecule has 0 atom stereocenters. The monoisotopic (exact) mass is 297 g/mol. The first-order valence-corrected chi connectivity index (χ1v) is 7.79. The smallest absolute Gasteiger partial charge is 0.185 e. The van der Waals surface area contributed by atoms with E-state index < -0.39 is 0 Å². The largest absolute Gasteiger partial charge is 0.354 e. The minimum atomic E-state index is 1.00. The van der Waals surface area contributed by atoms with Crippen LogP contribution in [-0.4, -0.2) is 24.1 Å². The highest BCUT2D eigenvalue weighted by Gasteiger charge is 2.11. The molecule has 2 aromatic heterocycles. The number of hydrogen-bond donors (Lipinski definition) is 0. The second-order valence-electron chi connectivity index (χ2n) is 5.70. The topological polar surface area (TPSA) is 29.0 Å². The van der Waals surface area contributed by atoms with Crippen molar-refractivity contribution in [3.05, 3.63) is 41.1 Å². The van der Waals surface area contributed by atoms with E-state index in [9.17, 15) is 0 Å². The molecule has 0 saturated carbocycles. The van der Waals surface area contributed by atoms with Gasteiger partial charge in [0, 0.05) is 25.7 Å². The molecule has 0 unspecified atom stereocenters. The van der Waals surface area contributed by atoms with Gasteiger partial charge in [0.2, 0.25) is 0 Å². The molecule has 0 radical (unpaired) electrons. The maximum atomic E-state index is 4.85. The quantitative estimate of drug-likeness (QED) is 0.704. The molecule has 0 bridgehead atoms. The fourth-order valence-electron chi connectivity index (χ4n) is 2.70. The summed E-state index contributed by atoms with van der Waals surface area (Å²) < 4.78 is 0. The molecule has 1 aromatic carbocycles. The summed E-state index contributed by atoms with van der Waals surface area (Å²) in [4.78, 5) is 12.4. The second-order valence-corrected chi connectivity index (χ2v) is 6.71. The fraction of sp³-hybridized carbons (Fsp3) is 0.294. The molecule has 0 fully saturated rings. The lowest BCUT2D eigenvalue weighted by Gasteiger charge is -2.09. The molecule has 3 aromatic rings. The molecule has 0 aliphatic carbocycles. The van der Waals surface area contributed by atoms with Gasteiger partial charge in [-0.3, -0.25) is 0 Å². The molecule has 2 heterocycles. The lowest BCUT2D eigenvalue weighted by molar-refractivity contribution is 1.10. The van der Waals surface area contributed by atoms with Crippen molar-refractivity contribution < 1.29 is 0 Å². The molecule has 0 aliphatic rings. The number of rotatable bonds is 2. The molecule has 21 heavy (non-hydrogen) atoms. The number of benzene rings is 1. The van der Waals surface area contributed by atoms with Crippen LogP contribution in [0.2, 0.25) is 0 Å². The van der Waals surface area contributed by atoms with Crippen molar-refractivity contribution in [2.24, 2.45) is 0 Å². The van der Waals surface area contributed by atoms with E-state index in [1.807, 2.05) is 25.2 Å². The van der Waals surface area contributed by atoms with Crippen molar-refractivity contribution in [1.82, 2.24) is 9.97 Å². The predicted octanol–water partition coefficient (Wildman–Crippen LogP) is 4.35. The Balaban J connectivity index is 2.19. The summed E-state index contributed by atoms with van der Waals surface area (Å²) in [5, 5.41) is 2.27. The molecule has 0 amide bonds. The zero-order valence-corrected chi connectivity index (χ0v) is 13.9. The summed E-state index contributed by atoms with van der Waals surface area (Å²) in [5.74, 6) is 0. The third kappa shape index (κ3) is 2.51. The van der Waals surface area contributed by atoms with Gasteiger partial charge in [-0.05, 0) is 49.6 Å². The molecule has 0 saturated heterocycles. The van der Waals surface area contributed by atoms with Crippen LogP contribution in [0.1, 0.15) is 16.7 Å². The van der Waals surface area contributed by atoms with E-state index in [4.69, 9.17) is 4.98 Å². The lowest BCUT2D eigenvalue weighted by atomic mass is 10.0. The molecule has 108 valence electrons. The van der Waals surface area contributed by atoms with Gasteiger partial charge in [-0.1, -0.05) is 17.4 Å². The minimum absolute atomic E-state index is 1.00. The van der Waals surface area contributed by atoms with Crippen LogP contribution in [0.5, 0.6) is 0 Å². The molecular weight excluding hydrogens is 278 g/mol. The summed E-state index contributed by atoms with van der Waals surface area (Å²) >= 11 is 1.67. The van der Waals surface area contributed by atoms with Gasteiger partial charge < -0.3 is 4.90 Å². The van der Waals surface area contributed by atoms with Crippen LogP contribution in [0.25, 0.3) is 21.5 Å². The van der Waals surface area contributed by atoms with E-state index in [0.29, 0.717) is 0 Å². The van der Waals surface area contributed by atoms with Crippen molar-refractivity contribution in [3.8, 4) is 10.6 Å². The summed E-state index contributed by atoms with van der Waals surface area (Å²) in [7, 11) is 4.02. The third-order valence-electron chi connectivity index (χ3n) is 3.58. The van der Waals surface area contributed by atoms with Crippen LogP contribution < -0.4 is 4.90 Å². The van der Waals surface area contributed by atoms with E-state index in [2.05, 4.69) is 44.0 Å². The zero-order valence-electron chi connectivity index (χ0n) is 13.1. The van der Waals surface area contributed by atoms with Crippen molar-refractivity contribution in [2.45, 2.75) is 20.8 Å². The van der Waals surface area contributed by atoms with E-state index in [-0.39, 0.29) is 0 Å². The summed E-state index contributed by atoms with van der Waals surface area (Å²) in [6, 6.07) is 6.54. The SMILES string of the molecule is Cc1cc(C)c2c(C)cc(-c3cnc(N(C)C)s3)nc2c1. The fourth-order valence-corrected chi connectivity index (χ4v) is 3.50. The molecule has 4 heteroatoms. The van der Waals surface area contributed by atoms with Gasteiger partial charge >= 0.3 is 0 Å². The van der Waals surface area contributed by atoms with Crippen LogP contribution in [0.15, 0.2) is 24.4 Å². The van der Waals surface area contributed by atoms with E-state index >= 15 is 0 Å². The van der Waals surface area contributed by atoms with Crippen LogP contribution >= 0.6 is 11.3 Å². The first kappa shape index (κ1) is 14.0. The highest BCUT2D eigenvalue weighted by atomic mass is 32.1. The molecule has 0 N–H and O–H groups in total. The van der Waals surface area contributed by atoms with Crippen LogP contribution in [0.4, 0.5) is 5.13 Å². The van der Waals surface area contributed by atoms with Gasteiger partial charge in [0.1, 0.15) is 0 Å². The Morgan fingerprint density at radius 2 is 1.71 bits per heavy atom. The number of hydrogen-bond acceptors (Lipinski definition) is 4. The van der Waals surface area contributed by atoms with Gasteiger partial charge in [0.25, 0.3) is 0 Å². The Bertz CT molecular complexity index is 818. The standard InChI is InChI=1S/C17H19N3S/c1-10-6-11(2)16-12(3)8-13(19-14(16)7-10)15-9-18-17(21-15)20(4)5/h6-9H,1-5H3. The predicted molar refractivity (Wildman–Crippen MR) is 91.4 cm³/mol. The Kier molecular flexibility index (Phi) is 3.41. The van der Waals surface area contributed by atoms with E-state index in [1.165, 1.54) is 22.1 Å². The Morgan fingerprint density at radius 1 is 1.00 bits per heavy atom. The summed E-state index contributed by atoms with van der Waals surface area (Å²) in [6.07, 6.45) is 1.91. The van der Waals surface area contributed by atoms with Crippen molar-refractivity contribution in [2.75, 3.05) is 19.0 Å². The van der Waals surface area contributed by atoms with Gasteiger partial charge in [-0.15, -0.1) is 0 Å². The van der Waals surface area contributed by atoms with E-state index in [0.717, 1.165) is 21.2 Å². The third-order valence-corrected chi connectivity index (χ3v) is 4.76. The van der Waals surface area contributed by atoms with Crippen LogP contribution in [0, 0.1) is 20.8 Å². The molecule has 3 rings (SSSR count). The Labute approximate surface area is 129 Å². The summed E-state index contributed by atoms with van der Waals surface area (Å²) in [5.41, 5.74) is 5.90. The van der Waals surface area contributed by atoms with Crippen molar-refractivity contribution >= 4 is 27.4 Å². The molecule has 0 spiro atoms.